The first kappa shape index (κ1) is 24.2. The number of carbonyl (C=O) groups excluding carboxylic acids is 2. The van der Waals surface area contributed by atoms with Crippen LogP contribution in [0, 0.1) is 0 Å². The van der Waals surface area contributed by atoms with E-state index >= 15 is 0 Å². The van der Waals surface area contributed by atoms with Crippen LogP contribution in [0.25, 0.3) is 0 Å². The molecule has 0 spiro atoms. The van der Waals surface area contributed by atoms with Crippen LogP contribution >= 0.6 is 0 Å². The number of hydrogen-bond acceptors (Lipinski definition) is 5. The van der Waals surface area contributed by atoms with Crippen molar-refractivity contribution in [3.05, 3.63) is 24.3 Å². The Bertz CT molecular complexity index is 658. The molecule has 2 rings (SSSR count). The van der Waals surface area contributed by atoms with Crippen molar-refractivity contribution in [1.29, 1.82) is 0 Å². The summed E-state index contributed by atoms with van der Waals surface area (Å²) in [6, 6.07) is 7.06. The first-order chi connectivity index (χ1) is 14.5. The molecule has 1 aromatic rings. The number of rotatable bonds is 12. The Kier molecular flexibility index (Phi) is 10.1. The van der Waals surface area contributed by atoms with Crippen LogP contribution in [0.4, 0.5) is 5.69 Å². The van der Waals surface area contributed by atoms with Crippen LogP contribution in [0.5, 0.6) is 5.75 Å². The topological polar surface area (TPSA) is 77.1 Å². The molecule has 7 nitrogen and oxygen atoms in total. The summed E-state index contributed by atoms with van der Waals surface area (Å²) in [5, 5.41) is 2.95. The average Bonchev–Trinajstić information content (AvgIpc) is 2.77. The lowest BCUT2D eigenvalue weighted by atomic mass is 9.96. The number of unbranched alkanes of at least 4 members (excludes halogenated alkanes) is 2. The maximum atomic E-state index is 12.9. The molecule has 30 heavy (non-hydrogen) atoms. The zero-order valence-electron chi connectivity index (χ0n) is 18.6. The Morgan fingerprint density at radius 1 is 1.10 bits per heavy atom. The zero-order chi connectivity index (χ0) is 21.8. The predicted octanol–water partition coefficient (Wildman–Crippen LogP) is 3.63. The second-order valence-electron chi connectivity index (χ2n) is 7.80. The van der Waals surface area contributed by atoms with Gasteiger partial charge in [0.1, 0.15) is 11.4 Å². The van der Waals surface area contributed by atoms with E-state index in [-0.39, 0.29) is 18.4 Å². The van der Waals surface area contributed by atoms with Gasteiger partial charge in [0.25, 0.3) is 11.8 Å². The first-order valence-electron chi connectivity index (χ1n) is 11.0. The summed E-state index contributed by atoms with van der Waals surface area (Å²) in [6.07, 6.45) is 4.69. The molecule has 1 aliphatic heterocycles. The smallest absolute Gasteiger partial charge is 0.260 e. The van der Waals surface area contributed by atoms with Gasteiger partial charge in [-0.2, -0.15) is 0 Å². The van der Waals surface area contributed by atoms with E-state index < -0.39 is 5.60 Å². The van der Waals surface area contributed by atoms with Gasteiger partial charge in [0, 0.05) is 25.4 Å². The number of amides is 2. The van der Waals surface area contributed by atoms with Crippen LogP contribution in [0.15, 0.2) is 24.3 Å². The molecular formula is C23H36N2O5. The van der Waals surface area contributed by atoms with Crippen molar-refractivity contribution >= 4 is 17.5 Å². The average molecular weight is 421 g/mol. The number of nitrogens with zero attached hydrogens (tertiary/aromatic N) is 1. The molecule has 0 aromatic heterocycles. The van der Waals surface area contributed by atoms with Crippen molar-refractivity contribution in [3.63, 3.8) is 0 Å². The molecule has 1 saturated heterocycles. The van der Waals surface area contributed by atoms with Gasteiger partial charge in [0.15, 0.2) is 6.61 Å². The Hall–Kier alpha value is -2.12. The largest absolute Gasteiger partial charge is 0.484 e. The van der Waals surface area contributed by atoms with E-state index in [1.54, 1.807) is 29.2 Å². The monoisotopic (exact) mass is 420 g/mol. The van der Waals surface area contributed by atoms with Crippen molar-refractivity contribution in [2.24, 2.45) is 0 Å². The van der Waals surface area contributed by atoms with Gasteiger partial charge in [-0.3, -0.25) is 9.59 Å². The highest BCUT2D eigenvalue weighted by Gasteiger charge is 2.33. The highest BCUT2D eigenvalue weighted by atomic mass is 16.5. The minimum Gasteiger partial charge on any atom is -0.484 e. The molecule has 0 saturated carbocycles. The molecular weight excluding hydrogens is 384 g/mol. The Morgan fingerprint density at radius 3 is 2.43 bits per heavy atom. The lowest BCUT2D eigenvalue weighted by Gasteiger charge is -2.29. The van der Waals surface area contributed by atoms with E-state index in [1.165, 1.54) is 0 Å². The molecule has 1 fully saturated rings. The third-order valence-electron chi connectivity index (χ3n) is 5.20. The van der Waals surface area contributed by atoms with Crippen molar-refractivity contribution in [1.82, 2.24) is 4.90 Å². The molecule has 2 amide bonds. The fraction of sp³-hybridized carbons (Fsp3) is 0.652. The molecule has 0 aliphatic carbocycles. The Morgan fingerprint density at radius 2 is 1.80 bits per heavy atom. The van der Waals surface area contributed by atoms with E-state index in [9.17, 15) is 9.59 Å². The van der Waals surface area contributed by atoms with Crippen molar-refractivity contribution < 1.29 is 23.8 Å². The lowest BCUT2D eigenvalue weighted by Crippen LogP contribution is -2.43. The number of nitrogens with one attached hydrogen (secondary N) is 1. The van der Waals surface area contributed by atoms with Gasteiger partial charge in [-0.1, -0.05) is 33.1 Å². The van der Waals surface area contributed by atoms with Crippen LogP contribution in [0.3, 0.4) is 0 Å². The standard InChI is InChI=1S/C23H36N2O5/c1-4-6-7-12-23(3,30-15-5-2)22(27)24-19-8-10-20(11-9-19)29-18-21(26)25-13-16-28-17-14-25/h8-11H,4-7,12-18H2,1-3H3,(H,24,27). The van der Waals surface area contributed by atoms with Crippen LogP contribution in [-0.4, -0.2) is 61.8 Å². The summed E-state index contributed by atoms with van der Waals surface area (Å²) in [7, 11) is 0. The number of hydrogen-bond donors (Lipinski definition) is 1. The normalized spacial score (nSPS) is 16.0. The minimum atomic E-state index is -0.842. The van der Waals surface area contributed by atoms with Gasteiger partial charge in [0.05, 0.1) is 13.2 Å². The van der Waals surface area contributed by atoms with Crippen molar-refractivity contribution in [3.8, 4) is 5.75 Å². The van der Waals surface area contributed by atoms with E-state index in [4.69, 9.17) is 14.2 Å². The van der Waals surface area contributed by atoms with Crippen LogP contribution < -0.4 is 10.1 Å². The summed E-state index contributed by atoms with van der Waals surface area (Å²) < 4.78 is 16.8. The zero-order valence-corrected chi connectivity index (χ0v) is 18.6. The van der Waals surface area contributed by atoms with Gasteiger partial charge >= 0.3 is 0 Å². The second-order valence-corrected chi connectivity index (χ2v) is 7.80. The number of morpholine rings is 1. The molecule has 1 atom stereocenters. The number of benzene rings is 1. The van der Waals surface area contributed by atoms with Crippen LogP contribution in [0.1, 0.15) is 52.9 Å². The molecule has 0 radical (unpaired) electrons. The minimum absolute atomic E-state index is 0.00787. The van der Waals surface area contributed by atoms with Gasteiger partial charge in [-0.25, -0.2) is 0 Å². The van der Waals surface area contributed by atoms with E-state index in [0.717, 1.165) is 25.7 Å². The fourth-order valence-electron chi connectivity index (χ4n) is 3.24. The molecule has 7 heteroatoms. The fourth-order valence-corrected chi connectivity index (χ4v) is 3.24. The van der Waals surface area contributed by atoms with Gasteiger partial charge in [-0.15, -0.1) is 0 Å². The van der Waals surface area contributed by atoms with Crippen molar-refractivity contribution in [2.45, 2.75) is 58.5 Å². The number of carbonyl (C=O) groups is 2. The quantitative estimate of drug-likeness (QED) is 0.523. The van der Waals surface area contributed by atoms with Gasteiger partial charge in [-0.05, 0) is 44.0 Å². The van der Waals surface area contributed by atoms with Crippen LogP contribution in [-0.2, 0) is 19.1 Å². The second kappa shape index (κ2) is 12.5. The first-order valence-corrected chi connectivity index (χ1v) is 11.0. The summed E-state index contributed by atoms with van der Waals surface area (Å²) in [5.74, 6) is 0.400. The molecule has 1 aromatic carbocycles. The molecule has 1 heterocycles. The highest BCUT2D eigenvalue weighted by molar-refractivity contribution is 5.97. The summed E-state index contributed by atoms with van der Waals surface area (Å²) in [5.41, 5.74) is -0.168. The van der Waals surface area contributed by atoms with Gasteiger partial charge in [0.2, 0.25) is 0 Å². The van der Waals surface area contributed by atoms with Gasteiger partial charge < -0.3 is 24.4 Å². The molecule has 1 aliphatic rings. The maximum absolute atomic E-state index is 12.9. The third kappa shape index (κ3) is 7.61. The number of ether oxygens (including phenoxy) is 3. The van der Waals surface area contributed by atoms with E-state index in [1.807, 2.05) is 13.8 Å². The molecule has 1 N–H and O–H groups in total. The summed E-state index contributed by atoms with van der Waals surface area (Å²) in [6.45, 7) is 8.93. The molecule has 168 valence electrons. The van der Waals surface area contributed by atoms with E-state index in [0.29, 0.717) is 50.8 Å². The number of anilines is 1. The maximum Gasteiger partial charge on any atom is 0.260 e. The Labute approximate surface area is 180 Å². The Balaban J connectivity index is 1.87. The predicted molar refractivity (Wildman–Crippen MR) is 117 cm³/mol. The third-order valence-corrected chi connectivity index (χ3v) is 5.20. The SMILES string of the molecule is CCCCCC(C)(OCCC)C(=O)Nc1ccc(OCC(=O)N2CCOCC2)cc1. The summed E-state index contributed by atoms with van der Waals surface area (Å²) in [4.78, 5) is 26.8. The molecule has 0 bridgehead atoms. The summed E-state index contributed by atoms with van der Waals surface area (Å²) >= 11 is 0. The highest BCUT2D eigenvalue weighted by Crippen LogP contribution is 2.23. The van der Waals surface area contributed by atoms with E-state index in [2.05, 4.69) is 12.2 Å². The lowest BCUT2D eigenvalue weighted by molar-refractivity contribution is -0.140. The van der Waals surface area contributed by atoms with Crippen molar-refractivity contribution in [2.75, 3.05) is 44.8 Å². The van der Waals surface area contributed by atoms with Crippen LogP contribution in [0.2, 0.25) is 0 Å². The molecule has 1 unspecified atom stereocenters.